The maximum Gasteiger partial charge on any atom is 0.0708 e. The van der Waals surface area contributed by atoms with E-state index in [9.17, 15) is 0 Å². The lowest BCUT2D eigenvalue weighted by Gasteiger charge is -2.21. The third kappa shape index (κ3) is 3.07. The van der Waals surface area contributed by atoms with E-state index in [1.807, 2.05) is 42.6 Å². The molecule has 3 atom stereocenters. The Bertz CT molecular complexity index is 965. The first-order valence-electron chi connectivity index (χ1n) is 10.7. The fourth-order valence-electron chi connectivity index (χ4n) is 4.77. The fourth-order valence-corrected chi connectivity index (χ4v) is 4.77. The van der Waals surface area contributed by atoms with Gasteiger partial charge in [0.25, 0.3) is 0 Å². The maximum atomic E-state index is 8.80. The largest absolute Gasteiger partial charge is 0.256 e. The van der Waals surface area contributed by atoms with Crippen molar-refractivity contribution in [1.29, 1.82) is 0 Å². The lowest BCUT2D eigenvalue weighted by molar-refractivity contribution is 0.331. The normalized spacial score (nSPS) is 25.8. The van der Waals surface area contributed by atoms with E-state index in [0.717, 1.165) is 40.3 Å². The minimum absolute atomic E-state index is 0.183. The molecule has 1 heteroatoms. The highest BCUT2D eigenvalue weighted by Crippen LogP contribution is 2.49. The maximum absolute atomic E-state index is 8.80. The van der Waals surface area contributed by atoms with Crippen molar-refractivity contribution in [2.24, 2.45) is 17.8 Å². The Balaban J connectivity index is 1.41. The molecule has 2 bridgehead atoms. The molecule has 5 rings (SSSR count). The second-order valence-electron chi connectivity index (χ2n) is 7.80. The smallest absolute Gasteiger partial charge is 0.0708 e. The topological polar surface area (TPSA) is 12.9 Å². The summed E-state index contributed by atoms with van der Waals surface area (Å²) in [6, 6.07) is 22.4. The van der Waals surface area contributed by atoms with Gasteiger partial charge in [-0.15, -0.1) is 0 Å². The van der Waals surface area contributed by atoms with Crippen LogP contribution in [-0.2, 0) is 6.37 Å². The van der Waals surface area contributed by atoms with Crippen molar-refractivity contribution in [3.8, 4) is 22.4 Å². The summed E-state index contributed by atoms with van der Waals surface area (Å²) in [6.07, 6.45) is 5.44. The predicted octanol–water partition coefficient (Wildman–Crippen LogP) is 6.39. The molecule has 2 aliphatic carbocycles. The molecule has 0 N–H and O–H groups in total. The van der Waals surface area contributed by atoms with E-state index in [2.05, 4.69) is 35.3 Å². The quantitative estimate of drug-likeness (QED) is 0.535. The zero-order valence-corrected chi connectivity index (χ0v) is 14.9. The first-order chi connectivity index (χ1) is 13.6. The predicted molar refractivity (Wildman–Crippen MR) is 108 cm³/mol. The molecule has 2 fully saturated rings. The van der Waals surface area contributed by atoms with Crippen molar-refractivity contribution in [3.05, 3.63) is 78.5 Å². The van der Waals surface area contributed by atoms with Crippen LogP contribution in [0.5, 0.6) is 0 Å². The Kier molecular flexibility index (Phi) is 3.55. The molecule has 130 valence electrons. The summed E-state index contributed by atoms with van der Waals surface area (Å²) in [7, 11) is 0. The molecule has 0 spiro atoms. The van der Waals surface area contributed by atoms with E-state index >= 15 is 0 Å². The molecule has 3 aromatic rings. The summed E-state index contributed by atoms with van der Waals surface area (Å²) in [5, 5.41) is 0. The molecule has 1 nitrogen and oxygen atoms in total. The lowest BCUT2D eigenvalue weighted by atomic mass is 9.84. The van der Waals surface area contributed by atoms with Gasteiger partial charge in [-0.05, 0) is 72.2 Å². The van der Waals surface area contributed by atoms with Crippen molar-refractivity contribution in [2.75, 3.05) is 0 Å². The number of pyridine rings is 1. The molecule has 2 aliphatic rings. The first-order valence-corrected chi connectivity index (χ1v) is 9.73. The van der Waals surface area contributed by atoms with Crippen molar-refractivity contribution in [2.45, 2.75) is 32.1 Å². The fraction of sp³-hybridized carbons (Fsp3) is 0.320. The lowest BCUT2D eigenvalue weighted by Crippen LogP contribution is -2.12. The molecule has 0 amide bonds. The van der Waals surface area contributed by atoms with Crippen molar-refractivity contribution in [1.82, 2.24) is 4.98 Å². The summed E-state index contributed by atoms with van der Waals surface area (Å²) < 4.78 is 17.6. The summed E-state index contributed by atoms with van der Waals surface area (Å²) in [5.41, 5.74) is 5.10. The van der Waals surface area contributed by atoms with Gasteiger partial charge in [0, 0.05) is 14.5 Å². The first kappa shape index (κ1) is 13.7. The van der Waals surface area contributed by atoms with Gasteiger partial charge in [-0.3, -0.25) is 4.98 Å². The molecule has 2 saturated carbocycles. The number of benzene rings is 2. The summed E-state index contributed by atoms with van der Waals surface area (Å²) in [4.78, 5) is 4.51. The molecule has 26 heavy (non-hydrogen) atoms. The van der Waals surface area contributed by atoms with E-state index in [4.69, 9.17) is 2.74 Å². The number of aromatic nitrogens is 1. The van der Waals surface area contributed by atoms with Crippen LogP contribution in [0, 0.1) is 17.8 Å². The van der Waals surface area contributed by atoms with E-state index in [-0.39, 0.29) is 5.92 Å². The highest BCUT2D eigenvalue weighted by Gasteiger charge is 2.39. The van der Waals surface area contributed by atoms with Gasteiger partial charge in [0.05, 0.1) is 5.69 Å². The van der Waals surface area contributed by atoms with Crippen LogP contribution in [0.1, 0.15) is 34.0 Å². The Hall–Kier alpha value is -2.41. The zero-order chi connectivity index (χ0) is 19.1. The molecule has 0 radical (unpaired) electrons. The average molecular weight is 341 g/mol. The highest BCUT2D eigenvalue weighted by molar-refractivity contribution is 5.70. The molecule has 1 aromatic heterocycles. The van der Waals surface area contributed by atoms with Gasteiger partial charge in [0.15, 0.2) is 0 Å². The van der Waals surface area contributed by atoms with Gasteiger partial charge in [0.2, 0.25) is 0 Å². The molecule has 0 aliphatic heterocycles. The van der Waals surface area contributed by atoms with Crippen molar-refractivity contribution >= 4 is 0 Å². The third-order valence-electron chi connectivity index (χ3n) is 6.14. The molecule has 1 heterocycles. The standard InChI is InChI=1S/C25H25N/c1-2-4-21(5-3-1)25-17-23(12-13-26-25)20-9-6-18(7-10-20)14-24-16-19-8-11-22(24)15-19/h1-7,9-10,12-13,17,19,22,24H,8,11,14-16H2/t19-,22+,24+/m0/s1/i14D2. The minimum atomic E-state index is -1.23. The molecule has 0 saturated heterocycles. The number of rotatable bonds is 4. The molecule has 0 unspecified atom stereocenters. The average Bonchev–Trinajstić information content (AvgIpc) is 3.39. The summed E-state index contributed by atoms with van der Waals surface area (Å²) in [6.45, 7) is 0. The molecule has 2 aromatic carbocycles. The van der Waals surface area contributed by atoms with Crippen molar-refractivity contribution < 1.29 is 2.74 Å². The van der Waals surface area contributed by atoms with Crippen LogP contribution >= 0.6 is 0 Å². The van der Waals surface area contributed by atoms with E-state index in [1.165, 1.54) is 19.3 Å². The van der Waals surface area contributed by atoms with Gasteiger partial charge in [0.1, 0.15) is 0 Å². The Morgan fingerprint density at radius 2 is 1.69 bits per heavy atom. The van der Waals surface area contributed by atoms with Gasteiger partial charge in [-0.2, -0.15) is 0 Å². The van der Waals surface area contributed by atoms with Gasteiger partial charge in [-0.25, -0.2) is 0 Å². The summed E-state index contributed by atoms with van der Waals surface area (Å²) in [5.74, 6) is 1.52. The van der Waals surface area contributed by atoms with Crippen LogP contribution in [0.4, 0.5) is 0 Å². The Labute approximate surface area is 158 Å². The zero-order valence-electron chi connectivity index (χ0n) is 16.9. The molecular formula is C25H25N. The number of nitrogens with zero attached hydrogens (tertiary/aromatic N) is 1. The monoisotopic (exact) mass is 341 g/mol. The Morgan fingerprint density at radius 1 is 0.846 bits per heavy atom. The van der Waals surface area contributed by atoms with Crippen LogP contribution in [0.3, 0.4) is 0 Å². The van der Waals surface area contributed by atoms with Gasteiger partial charge in [-0.1, -0.05) is 61.0 Å². The van der Waals surface area contributed by atoms with Gasteiger partial charge >= 0.3 is 0 Å². The van der Waals surface area contributed by atoms with Crippen LogP contribution < -0.4 is 0 Å². The second-order valence-corrected chi connectivity index (χ2v) is 7.80. The number of fused-ring (bicyclic) bond motifs is 2. The number of hydrogen-bond donors (Lipinski definition) is 0. The van der Waals surface area contributed by atoms with Crippen LogP contribution in [-0.4, -0.2) is 4.98 Å². The highest BCUT2D eigenvalue weighted by atomic mass is 14.7. The number of hydrogen-bond acceptors (Lipinski definition) is 1. The van der Waals surface area contributed by atoms with Crippen LogP contribution in [0.15, 0.2) is 72.9 Å². The third-order valence-corrected chi connectivity index (χ3v) is 6.14. The van der Waals surface area contributed by atoms with Crippen LogP contribution in [0.25, 0.3) is 22.4 Å². The summed E-state index contributed by atoms with van der Waals surface area (Å²) >= 11 is 0. The van der Waals surface area contributed by atoms with E-state index in [1.54, 1.807) is 0 Å². The SMILES string of the molecule is [2H]C([2H])(c1ccc(-c2ccnc(-c3ccccc3)c2)cc1)[C@@H]1C[C@H]2CC[C@@H]1C2. The van der Waals surface area contributed by atoms with E-state index < -0.39 is 6.37 Å². The Morgan fingerprint density at radius 3 is 2.42 bits per heavy atom. The van der Waals surface area contributed by atoms with Gasteiger partial charge < -0.3 is 0 Å². The molecular weight excluding hydrogens is 314 g/mol. The minimum Gasteiger partial charge on any atom is -0.256 e. The second kappa shape index (κ2) is 6.72. The van der Waals surface area contributed by atoms with Crippen LogP contribution in [0.2, 0.25) is 0 Å². The van der Waals surface area contributed by atoms with E-state index in [0.29, 0.717) is 5.92 Å². The van der Waals surface area contributed by atoms with Crippen molar-refractivity contribution in [3.63, 3.8) is 0 Å².